The first-order valence-corrected chi connectivity index (χ1v) is 7.76. The maximum atomic E-state index is 12.5. The maximum Gasteiger partial charge on any atom is 0.211 e. The van der Waals surface area contributed by atoms with Crippen molar-refractivity contribution >= 4 is 11.9 Å². The number of fused-ring (bicyclic) bond motifs is 1. The zero-order valence-corrected chi connectivity index (χ0v) is 13.6. The zero-order valence-electron chi connectivity index (χ0n) is 13.6. The second-order valence-electron chi connectivity index (χ2n) is 5.96. The number of carbonyl (C=O) groups excluding carboxylic acids is 1. The van der Waals surface area contributed by atoms with Crippen molar-refractivity contribution in [1.29, 1.82) is 0 Å². The molecule has 3 N–H and O–H groups in total. The van der Waals surface area contributed by atoms with Crippen molar-refractivity contribution in [2.45, 2.75) is 19.1 Å². The van der Waals surface area contributed by atoms with Gasteiger partial charge in [0, 0.05) is 6.07 Å². The van der Waals surface area contributed by atoms with Gasteiger partial charge in [-0.3, -0.25) is 4.79 Å². The summed E-state index contributed by atoms with van der Waals surface area (Å²) in [7, 11) is 0. The number of phenols is 2. The van der Waals surface area contributed by atoms with Crippen molar-refractivity contribution in [1.82, 2.24) is 0 Å². The number of ether oxygens (including phenoxy) is 1. The van der Waals surface area contributed by atoms with Crippen molar-refractivity contribution < 1.29 is 24.9 Å². The number of ketones is 1. The Kier molecular flexibility index (Phi) is 4.33. The lowest BCUT2D eigenvalue weighted by atomic mass is 9.91. The molecule has 5 nitrogen and oxygen atoms in total. The highest BCUT2D eigenvalue weighted by atomic mass is 16.5. The Morgan fingerprint density at radius 1 is 1.20 bits per heavy atom. The molecule has 0 saturated carbocycles. The fourth-order valence-corrected chi connectivity index (χ4v) is 2.76. The molecule has 3 rings (SSSR count). The van der Waals surface area contributed by atoms with Crippen molar-refractivity contribution in [3.05, 3.63) is 71.3 Å². The number of aliphatic hydroxyl groups excluding tert-OH is 1. The smallest absolute Gasteiger partial charge is 0.211 e. The summed E-state index contributed by atoms with van der Waals surface area (Å²) in [6.07, 6.45) is 0.657. The van der Waals surface area contributed by atoms with Crippen molar-refractivity contribution in [3.63, 3.8) is 0 Å². The highest BCUT2D eigenvalue weighted by Crippen LogP contribution is 2.48. The Labute approximate surface area is 145 Å². The van der Waals surface area contributed by atoms with Crippen LogP contribution in [-0.4, -0.2) is 21.1 Å². The minimum atomic E-state index is -1.55. The molecule has 0 radical (unpaired) electrons. The number of phenolic OH excluding ortho intramolecular Hbond substituents is 2. The third-order valence-corrected chi connectivity index (χ3v) is 3.99. The average Bonchev–Trinajstić information content (AvgIpc) is 2.57. The minimum Gasteiger partial charge on any atom is -0.507 e. The fourth-order valence-electron chi connectivity index (χ4n) is 2.76. The van der Waals surface area contributed by atoms with E-state index in [1.807, 2.05) is 0 Å². The second kappa shape index (κ2) is 6.45. The van der Waals surface area contributed by atoms with Crippen LogP contribution in [0.4, 0.5) is 0 Å². The van der Waals surface area contributed by atoms with Crippen LogP contribution in [0.15, 0.2) is 54.6 Å². The van der Waals surface area contributed by atoms with E-state index in [-0.39, 0.29) is 22.6 Å². The summed E-state index contributed by atoms with van der Waals surface area (Å²) in [5, 5.41) is 30.7. The van der Waals surface area contributed by atoms with Gasteiger partial charge in [0.2, 0.25) is 5.78 Å². The lowest BCUT2D eigenvalue weighted by molar-refractivity contribution is -0.137. The Morgan fingerprint density at radius 3 is 2.52 bits per heavy atom. The molecule has 1 aliphatic heterocycles. The first kappa shape index (κ1) is 16.8. The van der Waals surface area contributed by atoms with E-state index in [9.17, 15) is 20.1 Å². The summed E-state index contributed by atoms with van der Waals surface area (Å²) >= 11 is 0. The van der Waals surface area contributed by atoms with Crippen LogP contribution in [0, 0.1) is 0 Å². The van der Waals surface area contributed by atoms with Crippen LogP contribution in [0.1, 0.15) is 35.8 Å². The first-order valence-electron chi connectivity index (χ1n) is 7.76. The molecule has 2 unspecified atom stereocenters. The lowest BCUT2D eigenvalue weighted by Crippen LogP contribution is -2.30. The predicted octanol–water partition coefficient (Wildman–Crippen LogP) is 3.42. The molecule has 0 fully saturated rings. The Hall–Kier alpha value is -3.05. The van der Waals surface area contributed by atoms with Gasteiger partial charge in [-0.2, -0.15) is 0 Å². The molecule has 0 spiro atoms. The Balaban J connectivity index is 2.17. The molecule has 128 valence electrons. The van der Waals surface area contributed by atoms with Crippen LogP contribution in [0.3, 0.4) is 0 Å². The second-order valence-corrected chi connectivity index (χ2v) is 5.96. The quantitative estimate of drug-likeness (QED) is 0.747. The molecule has 2 atom stereocenters. The van der Waals surface area contributed by atoms with Crippen molar-refractivity contribution in [2.75, 3.05) is 0 Å². The van der Waals surface area contributed by atoms with E-state index in [1.54, 1.807) is 49.4 Å². The van der Waals surface area contributed by atoms with Crippen LogP contribution in [-0.2, 0) is 4.79 Å². The van der Waals surface area contributed by atoms with Crippen molar-refractivity contribution in [3.8, 4) is 17.2 Å². The van der Waals surface area contributed by atoms with Gasteiger partial charge >= 0.3 is 0 Å². The first-order chi connectivity index (χ1) is 11.9. The van der Waals surface area contributed by atoms with Gasteiger partial charge in [-0.25, -0.2) is 0 Å². The van der Waals surface area contributed by atoms with Gasteiger partial charge in [0.1, 0.15) is 23.4 Å². The van der Waals surface area contributed by atoms with E-state index < -0.39 is 23.7 Å². The molecule has 0 bridgehead atoms. The highest BCUT2D eigenvalue weighted by molar-refractivity contribution is 5.93. The number of rotatable bonds is 3. The van der Waals surface area contributed by atoms with Crippen molar-refractivity contribution in [2.24, 2.45) is 0 Å². The number of aromatic hydroxyl groups is 2. The number of carbonyl (C=O) groups is 1. The molecule has 0 saturated heterocycles. The van der Waals surface area contributed by atoms with E-state index >= 15 is 0 Å². The topological polar surface area (TPSA) is 87.0 Å². The maximum absolute atomic E-state index is 12.5. The van der Waals surface area contributed by atoms with E-state index in [0.29, 0.717) is 5.56 Å². The number of aliphatic hydroxyl groups is 1. The predicted molar refractivity (Wildman–Crippen MR) is 93.4 cm³/mol. The zero-order chi connectivity index (χ0) is 18.1. The molecular formula is C20H18O5. The SMILES string of the molecule is C=C(C)C=Cc1c(O)cc(O)c2c1OC(c1ccccc1)C(=O)C2O. The molecular weight excluding hydrogens is 320 g/mol. The van der Waals surface area contributed by atoms with Crippen LogP contribution in [0.2, 0.25) is 0 Å². The van der Waals surface area contributed by atoms with Gasteiger partial charge in [0.05, 0.1) is 11.1 Å². The number of benzene rings is 2. The summed E-state index contributed by atoms with van der Waals surface area (Å²) in [6, 6.07) is 9.84. The standard InChI is InChI=1S/C20H18O5/c1-11(2)8-9-13-14(21)10-15(22)16-17(23)18(24)19(25-20(13)16)12-6-4-3-5-7-12/h3-10,17,19,21-23H,1H2,2H3. The van der Waals surface area contributed by atoms with Crippen LogP contribution in [0.5, 0.6) is 17.2 Å². The molecule has 2 aromatic carbocycles. The third-order valence-electron chi connectivity index (χ3n) is 3.99. The molecule has 0 aliphatic carbocycles. The van der Waals surface area contributed by atoms with Gasteiger partial charge in [-0.15, -0.1) is 0 Å². The molecule has 0 aromatic heterocycles. The Morgan fingerprint density at radius 2 is 1.88 bits per heavy atom. The van der Waals surface area contributed by atoms with Gasteiger partial charge < -0.3 is 20.1 Å². The third kappa shape index (κ3) is 3.02. The summed E-state index contributed by atoms with van der Waals surface area (Å²) in [5.41, 5.74) is 1.54. The number of allylic oxidation sites excluding steroid dienone is 2. The molecule has 2 aromatic rings. The summed E-state index contributed by atoms with van der Waals surface area (Å²) in [6.45, 7) is 5.54. The monoisotopic (exact) mass is 338 g/mol. The molecule has 1 heterocycles. The molecule has 5 heteroatoms. The van der Waals surface area contributed by atoms with Gasteiger partial charge in [-0.1, -0.05) is 48.6 Å². The summed E-state index contributed by atoms with van der Waals surface area (Å²) < 4.78 is 5.82. The molecule has 0 amide bonds. The fraction of sp³-hybridized carbons (Fsp3) is 0.150. The van der Waals surface area contributed by atoms with Gasteiger partial charge in [-0.05, 0) is 18.6 Å². The molecule has 1 aliphatic rings. The van der Waals surface area contributed by atoms with Gasteiger partial charge in [0.25, 0.3) is 0 Å². The minimum absolute atomic E-state index is 0.0450. The summed E-state index contributed by atoms with van der Waals surface area (Å²) in [4.78, 5) is 12.5. The number of hydrogen-bond donors (Lipinski definition) is 3. The van der Waals surface area contributed by atoms with Crippen LogP contribution >= 0.6 is 0 Å². The lowest BCUT2D eigenvalue weighted by Gasteiger charge is -2.30. The van der Waals surface area contributed by atoms with E-state index in [0.717, 1.165) is 11.6 Å². The van der Waals surface area contributed by atoms with Crippen LogP contribution in [0.25, 0.3) is 6.08 Å². The normalized spacial score (nSPS) is 19.5. The largest absolute Gasteiger partial charge is 0.507 e. The summed E-state index contributed by atoms with van der Waals surface area (Å²) in [5.74, 6) is -1.11. The van der Waals surface area contributed by atoms with E-state index in [2.05, 4.69) is 6.58 Å². The molecule has 25 heavy (non-hydrogen) atoms. The average molecular weight is 338 g/mol. The van der Waals surface area contributed by atoms with Crippen LogP contribution < -0.4 is 4.74 Å². The van der Waals surface area contributed by atoms with E-state index in [1.165, 1.54) is 0 Å². The number of hydrogen-bond acceptors (Lipinski definition) is 5. The Bertz CT molecular complexity index is 867. The van der Waals surface area contributed by atoms with E-state index in [4.69, 9.17) is 4.74 Å². The van der Waals surface area contributed by atoms with Gasteiger partial charge in [0.15, 0.2) is 6.10 Å². The highest BCUT2D eigenvalue weighted by Gasteiger charge is 2.40. The number of Topliss-reactive ketones (excluding diaryl/α,β-unsaturated/α-hetero) is 1.